The summed E-state index contributed by atoms with van der Waals surface area (Å²) in [7, 11) is 0. The summed E-state index contributed by atoms with van der Waals surface area (Å²) < 4.78 is 0. The molecule has 0 fully saturated rings. The Bertz CT molecular complexity index is 358. The third-order valence-electron chi connectivity index (χ3n) is 3.51. The van der Waals surface area contributed by atoms with Crippen molar-refractivity contribution in [3.63, 3.8) is 0 Å². The lowest BCUT2D eigenvalue weighted by Gasteiger charge is -2.27. The molecule has 0 aliphatic carbocycles. The third-order valence-corrected chi connectivity index (χ3v) is 3.51. The van der Waals surface area contributed by atoms with Crippen molar-refractivity contribution in [2.45, 2.75) is 47.1 Å². The highest BCUT2D eigenvalue weighted by Crippen LogP contribution is 2.16. The van der Waals surface area contributed by atoms with Crippen molar-refractivity contribution in [2.24, 2.45) is 17.6 Å². The first-order valence-electron chi connectivity index (χ1n) is 7.93. The van der Waals surface area contributed by atoms with E-state index in [2.05, 4.69) is 63.8 Å². The molecular formula is C18H32N2. The Morgan fingerprint density at radius 2 is 1.45 bits per heavy atom. The van der Waals surface area contributed by atoms with Gasteiger partial charge >= 0.3 is 0 Å². The minimum Gasteiger partial charge on any atom is -0.324 e. The maximum absolute atomic E-state index is 6.33. The normalized spacial score (nSPS) is 13.4. The Labute approximate surface area is 125 Å². The van der Waals surface area contributed by atoms with Gasteiger partial charge in [-0.25, -0.2) is 0 Å². The average molecular weight is 276 g/mol. The monoisotopic (exact) mass is 276 g/mol. The summed E-state index contributed by atoms with van der Waals surface area (Å²) in [5.74, 6) is 1.42. The van der Waals surface area contributed by atoms with Crippen LogP contribution < -0.4 is 5.73 Å². The molecule has 2 nitrogen and oxygen atoms in total. The first-order chi connectivity index (χ1) is 9.38. The molecule has 1 aromatic rings. The molecule has 0 amide bonds. The van der Waals surface area contributed by atoms with Crippen molar-refractivity contribution in [3.8, 4) is 0 Å². The lowest BCUT2D eigenvalue weighted by molar-refractivity contribution is 0.212. The van der Waals surface area contributed by atoms with E-state index in [1.165, 1.54) is 24.2 Å². The van der Waals surface area contributed by atoms with Crippen LogP contribution in [0.2, 0.25) is 0 Å². The maximum Gasteiger partial charge on any atom is 0.0307 e. The molecule has 1 rings (SSSR count). The smallest absolute Gasteiger partial charge is 0.0307 e. The molecule has 0 heterocycles. The van der Waals surface area contributed by atoms with E-state index in [0.29, 0.717) is 11.8 Å². The van der Waals surface area contributed by atoms with E-state index in [-0.39, 0.29) is 6.04 Å². The van der Waals surface area contributed by atoms with Gasteiger partial charge in [-0.05, 0) is 37.3 Å². The minimum atomic E-state index is 0.150. The van der Waals surface area contributed by atoms with Gasteiger partial charge in [0.25, 0.3) is 0 Å². The quantitative estimate of drug-likeness (QED) is 0.777. The molecule has 0 aromatic heterocycles. The van der Waals surface area contributed by atoms with Gasteiger partial charge in [-0.2, -0.15) is 0 Å². The molecule has 0 radical (unpaired) electrons. The average Bonchev–Trinajstić information content (AvgIpc) is 2.35. The molecule has 1 atom stereocenters. The van der Waals surface area contributed by atoms with E-state index in [0.717, 1.165) is 13.0 Å². The van der Waals surface area contributed by atoms with Crippen molar-refractivity contribution in [1.29, 1.82) is 0 Å². The summed E-state index contributed by atoms with van der Waals surface area (Å²) in [6.07, 6.45) is 1.03. The van der Waals surface area contributed by atoms with Crippen LogP contribution in [0.4, 0.5) is 0 Å². The Balaban J connectivity index is 2.50. The lowest BCUT2D eigenvalue weighted by Crippen LogP contribution is -2.33. The molecule has 114 valence electrons. The number of benzene rings is 1. The van der Waals surface area contributed by atoms with Gasteiger partial charge in [0.2, 0.25) is 0 Å². The van der Waals surface area contributed by atoms with E-state index in [4.69, 9.17) is 5.73 Å². The van der Waals surface area contributed by atoms with Crippen molar-refractivity contribution >= 4 is 0 Å². The number of nitrogens with two attached hydrogens (primary N) is 1. The third kappa shape index (κ3) is 6.53. The highest BCUT2D eigenvalue weighted by atomic mass is 15.1. The standard InChI is InChI=1S/C18H32N2/c1-14(2)12-20(13-15(3)4)11-10-18(19)17-8-6-16(5)7-9-17/h6-9,14-15,18H,10-13,19H2,1-5H3. The summed E-state index contributed by atoms with van der Waals surface area (Å²) in [6, 6.07) is 8.77. The summed E-state index contributed by atoms with van der Waals surface area (Å²) in [6.45, 7) is 14.7. The minimum absolute atomic E-state index is 0.150. The van der Waals surface area contributed by atoms with Crippen LogP contribution in [0.5, 0.6) is 0 Å². The SMILES string of the molecule is Cc1ccc(C(N)CCN(CC(C)C)CC(C)C)cc1. The zero-order chi connectivity index (χ0) is 15.1. The molecule has 2 heteroatoms. The van der Waals surface area contributed by atoms with Crippen molar-refractivity contribution in [3.05, 3.63) is 35.4 Å². The van der Waals surface area contributed by atoms with Crippen molar-refractivity contribution in [1.82, 2.24) is 4.90 Å². The maximum atomic E-state index is 6.33. The van der Waals surface area contributed by atoms with Crippen LogP contribution in [-0.4, -0.2) is 24.5 Å². The molecule has 0 aliphatic heterocycles. The van der Waals surface area contributed by atoms with E-state index in [1.54, 1.807) is 0 Å². The fourth-order valence-electron chi connectivity index (χ4n) is 2.59. The molecule has 0 saturated carbocycles. The molecular weight excluding hydrogens is 244 g/mol. The second-order valence-electron chi connectivity index (χ2n) is 6.85. The van der Waals surface area contributed by atoms with Crippen LogP contribution in [0.3, 0.4) is 0 Å². The van der Waals surface area contributed by atoms with Gasteiger partial charge in [-0.3, -0.25) is 0 Å². The molecule has 0 aliphatic rings. The Hall–Kier alpha value is -0.860. The number of hydrogen-bond donors (Lipinski definition) is 1. The summed E-state index contributed by atoms with van der Waals surface area (Å²) in [5.41, 5.74) is 8.88. The fraction of sp³-hybridized carbons (Fsp3) is 0.667. The van der Waals surface area contributed by atoms with Gasteiger partial charge in [0.1, 0.15) is 0 Å². The fourth-order valence-corrected chi connectivity index (χ4v) is 2.59. The van der Waals surface area contributed by atoms with E-state index < -0.39 is 0 Å². The zero-order valence-corrected chi connectivity index (χ0v) is 13.9. The van der Waals surface area contributed by atoms with E-state index in [9.17, 15) is 0 Å². The molecule has 0 spiro atoms. The van der Waals surface area contributed by atoms with Gasteiger partial charge in [-0.15, -0.1) is 0 Å². The second-order valence-corrected chi connectivity index (χ2v) is 6.85. The molecule has 0 saturated heterocycles. The summed E-state index contributed by atoms with van der Waals surface area (Å²) in [5, 5.41) is 0. The number of hydrogen-bond acceptors (Lipinski definition) is 2. The predicted octanol–water partition coefficient (Wildman–Crippen LogP) is 4.00. The highest BCUT2D eigenvalue weighted by molar-refractivity contribution is 5.23. The second kappa shape index (κ2) is 8.43. The van der Waals surface area contributed by atoms with Crippen LogP contribution >= 0.6 is 0 Å². The van der Waals surface area contributed by atoms with E-state index >= 15 is 0 Å². The topological polar surface area (TPSA) is 29.3 Å². The number of aryl methyl sites for hydroxylation is 1. The molecule has 1 unspecified atom stereocenters. The van der Waals surface area contributed by atoms with Crippen molar-refractivity contribution in [2.75, 3.05) is 19.6 Å². The van der Waals surface area contributed by atoms with Gasteiger partial charge in [0.15, 0.2) is 0 Å². The first kappa shape index (κ1) is 17.2. The highest BCUT2D eigenvalue weighted by Gasteiger charge is 2.12. The van der Waals surface area contributed by atoms with Crippen LogP contribution in [0.1, 0.15) is 51.3 Å². The molecule has 0 bridgehead atoms. The largest absolute Gasteiger partial charge is 0.324 e. The summed E-state index contributed by atoms with van der Waals surface area (Å²) in [4.78, 5) is 2.56. The Morgan fingerprint density at radius 3 is 1.90 bits per heavy atom. The Morgan fingerprint density at radius 1 is 0.950 bits per heavy atom. The van der Waals surface area contributed by atoms with Gasteiger partial charge in [0, 0.05) is 19.1 Å². The molecule has 2 N–H and O–H groups in total. The molecule has 20 heavy (non-hydrogen) atoms. The van der Waals surface area contributed by atoms with Crippen LogP contribution in [0.25, 0.3) is 0 Å². The van der Waals surface area contributed by atoms with Crippen LogP contribution in [-0.2, 0) is 0 Å². The molecule has 1 aromatic carbocycles. The summed E-state index contributed by atoms with van der Waals surface area (Å²) >= 11 is 0. The van der Waals surface area contributed by atoms with Crippen LogP contribution in [0.15, 0.2) is 24.3 Å². The Kier molecular flexibility index (Phi) is 7.25. The zero-order valence-electron chi connectivity index (χ0n) is 13.9. The van der Waals surface area contributed by atoms with E-state index in [1.807, 2.05) is 0 Å². The lowest BCUT2D eigenvalue weighted by atomic mass is 10.0. The van der Waals surface area contributed by atoms with Crippen molar-refractivity contribution < 1.29 is 0 Å². The van der Waals surface area contributed by atoms with Crippen LogP contribution in [0, 0.1) is 18.8 Å². The van der Waals surface area contributed by atoms with Gasteiger partial charge in [0.05, 0.1) is 0 Å². The number of rotatable bonds is 8. The first-order valence-corrected chi connectivity index (χ1v) is 7.93. The number of nitrogens with zero attached hydrogens (tertiary/aromatic N) is 1. The van der Waals surface area contributed by atoms with Gasteiger partial charge in [-0.1, -0.05) is 57.5 Å². The van der Waals surface area contributed by atoms with Gasteiger partial charge < -0.3 is 10.6 Å². The predicted molar refractivity (Wildman–Crippen MR) is 88.8 cm³/mol.